The molecular weight excluding hydrogens is 248 g/mol. The van der Waals surface area contributed by atoms with Crippen LogP contribution in [-0.2, 0) is 11.2 Å². The van der Waals surface area contributed by atoms with Gasteiger partial charge >= 0.3 is 0 Å². The lowest BCUT2D eigenvalue weighted by atomic mass is 9.98. The van der Waals surface area contributed by atoms with E-state index in [2.05, 4.69) is 17.0 Å². The molecule has 1 aromatic carbocycles. The van der Waals surface area contributed by atoms with Crippen LogP contribution in [0.4, 0.5) is 11.4 Å². The summed E-state index contributed by atoms with van der Waals surface area (Å²) in [5.74, 6) is 0. The van der Waals surface area contributed by atoms with E-state index in [0.717, 1.165) is 25.2 Å². The summed E-state index contributed by atoms with van der Waals surface area (Å²) in [7, 11) is 0. The Balaban J connectivity index is 1.46. The maximum Gasteiger partial charge on any atom is 0.0758 e. The molecule has 0 aromatic heterocycles. The van der Waals surface area contributed by atoms with Crippen LogP contribution in [0, 0.1) is 0 Å². The molecule has 0 bridgehead atoms. The van der Waals surface area contributed by atoms with Crippen LogP contribution in [0.2, 0.25) is 0 Å². The Hall–Kier alpha value is -1.22. The highest BCUT2D eigenvalue weighted by Gasteiger charge is 2.42. The summed E-state index contributed by atoms with van der Waals surface area (Å²) in [4.78, 5) is 2.48. The SMILES string of the molecule is Nc1cccc2c1CCN2CC1CCC2(CCCC2)O1. The van der Waals surface area contributed by atoms with Gasteiger partial charge < -0.3 is 15.4 Å². The van der Waals surface area contributed by atoms with Gasteiger partial charge in [0.2, 0.25) is 0 Å². The molecule has 1 aliphatic carbocycles. The lowest BCUT2D eigenvalue weighted by Crippen LogP contribution is -2.33. The molecule has 1 saturated carbocycles. The average molecular weight is 272 g/mol. The van der Waals surface area contributed by atoms with E-state index in [1.54, 1.807) is 0 Å². The molecule has 108 valence electrons. The van der Waals surface area contributed by atoms with Gasteiger partial charge in [-0.1, -0.05) is 18.9 Å². The van der Waals surface area contributed by atoms with Gasteiger partial charge in [-0.2, -0.15) is 0 Å². The zero-order chi connectivity index (χ0) is 13.6. The minimum Gasteiger partial charge on any atom is -0.398 e. The van der Waals surface area contributed by atoms with Crippen LogP contribution in [0.3, 0.4) is 0 Å². The van der Waals surface area contributed by atoms with Crippen LogP contribution in [0.25, 0.3) is 0 Å². The number of hydrogen-bond acceptors (Lipinski definition) is 3. The highest BCUT2D eigenvalue weighted by molar-refractivity contribution is 5.68. The molecule has 2 aliphatic heterocycles. The molecule has 20 heavy (non-hydrogen) atoms. The van der Waals surface area contributed by atoms with Crippen molar-refractivity contribution >= 4 is 11.4 Å². The maximum absolute atomic E-state index is 6.44. The van der Waals surface area contributed by atoms with Gasteiger partial charge in [0.1, 0.15) is 0 Å². The second kappa shape index (κ2) is 4.66. The Kier molecular flexibility index (Phi) is 2.92. The van der Waals surface area contributed by atoms with E-state index in [0.29, 0.717) is 6.10 Å². The van der Waals surface area contributed by atoms with Crippen molar-refractivity contribution in [3.63, 3.8) is 0 Å². The van der Waals surface area contributed by atoms with Gasteiger partial charge in [-0.15, -0.1) is 0 Å². The molecule has 3 heteroatoms. The first-order valence-corrected chi connectivity index (χ1v) is 8.06. The van der Waals surface area contributed by atoms with Crippen molar-refractivity contribution in [2.75, 3.05) is 23.7 Å². The third kappa shape index (κ3) is 1.99. The van der Waals surface area contributed by atoms with E-state index in [9.17, 15) is 0 Å². The van der Waals surface area contributed by atoms with Gasteiger partial charge in [-0.25, -0.2) is 0 Å². The van der Waals surface area contributed by atoms with Gasteiger partial charge in [0, 0.05) is 30.0 Å². The Morgan fingerprint density at radius 3 is 2.95 bits per heavy atom. The summed E-state index contributed by atoms with van der Waals surface area (Å²) >= 11 is 0. The van der Waals surface area contributed by atoms with Crippen molar-refractivity contribution in [3.8, 4) is 0 Å². The van der Waals surface area contributed by atoms with Crippen molar-refractivity contribution in [2.24, 2.45) is 0 Å². The van der Waals surface area contributed by atoms with Crippen LogP contribution in [-0.4, -0.2) is 24.8 Å². The van der Waals surface area contributed by atoms with E-state index in [1.165, 1.54) is 49.8 Å². The standard InChI is InChI=1S/C17H24N2O/c18-15-4-3-5-16-14(15)7-11-19(16)12-13-6-10-17(20-13)8-1-2-9-17/h3-5,13H,1-2,6-12,18H2. The Morgan fingerprint density at radius 1 is 1.25 bits per heavy atom. The largest absolute Gasteiger partial charge is 0.398 e. The molecule has 1 aromatic rings. The van der Waals surface area contributed by atoms with Crippen molar-refractivity contribution in [3.05, 3.63) is 23.8 Å². The first-order valence-electron chi connectivity index (χ1n) is 8.06. The van der Waals surface area contributed by atoms with Crippen LogP contribution < -0.4 is 10.6 Å². The highest BCUT2D eigenvalue weighted by atomic mass is 16.5. The lowest BCUT2D eigenvalue weighted by molar-refractivity contribution is -0.0326. The molecule has 1 atom stereocenters. The number of ether oxygens (including phenoxy) is 1. The first kappa shape index (κ1) is 12.5. The fourth-order valence-electron chi connectivity index (χ4n) is 4.37. The molecule has 0 amide bonds. The summed E-state index contributed by atoms with van der Waals surface area (Å²) in [6.45, 7) is 2.13. The summed E-state index contributed by atoms with van der Waals surface area (Å²) < 4.78 is 6.44. The number of hydrogen-bond donors (Lipinski definition) is 1. The van der Waals surface area contributed by atoms with Gasteiger partial charge in [0.05, 0.1) is 11.7 Å². The summed E-state index contributed by atoms with van der Waals surface area (Å²) in [5, 5.41) is 0. The molecule has 2 heterocycles. The first-order chi connectivity index (χ1) is 9.76. The van der Waals surface area contributed by atoms with Crippen molar-refractivity contribution in [1.29, 1.82) is 0 Å². The quantitative estimate of drug-likeness (QED) is 0.841. The van der Waals surface area contributed by atoms with E-state index in [4.69, 9.17) is 10.5 Å². The number of nitrogens with zero attached hydrogens (tertiary/aromatic N) is 1. The Morgan fingerprint density at radius 2 is 2.10 bits per heavy atom. The Bertz CT molecular complexity index is 508. The van der Waals surface area contributed by atoms with E-state index < -0.39 is 0 Å². The monoisotopic (exact) mass is 272 g/mol. The molecule has 1 saturated heterocycles. The summed E-state index contributed by atoms with van der Waals surface area (Å²) in [5.41, 5.74) is 9.95. The average Bonchev–Trinajstić information content (AvgIpc) is 3.15. The van der Waals surface area contributed by atoms with Crippen molar-refractivity contribution < 1.29 is 4.74 Å². The van der Waals surface area contributed by atoms with Crippen molar-refractivity contribution in [2.45, 2.75) is 56.7 Å². The zero-order valence-corrected chi connectivity index (χ0v) is 12.1. The fraction of sp³-hybridized carbons (Fsp3) is 0.647. The fourth-order valence-corrected chi connectivity index (χ4v) is 4.37. The molecule has 3 nitrogen and oxygen atoms in total. The lowest BCUT2D eigenvalue weighted by Gasteiger charge is -2.27. The number of nitrogens with two attached hydrogens (primary N) is 1. The molecule has 0 radical (unpaired) electrons. The van der Waals surface area contributed by atoms with Crippen LogP contribution in [0.1, 0.15) is 44.1 Å². The van der Waals surface area contributed by atoms with E-state index in [-0.39, 0.29) is 5.60 Å². The molecule has 2 N–H and O–H groups in total. The summed E-state index contributed by atoms with van der Waals surface area (Å²) in [6, 6.07) is 6.29. The van der Waals surface area contributed by atoms with Gasteiger partial charge in [-0.3, -0.25) is 0 Å². The zero-order valence-electron chi connectivity index (χ0n) is 12.1. The third-order valence-electron chi connectivity index (χ3n) is 5.44. The number of nitrogen functional groups attached to an aromatic ring is 1. The number of rotatable bonds is 2. The van der Waals surface area contributed by atoms with Gasteiger partial charge in [0.15, 0.2) is 0 Å². The van der Waals surface area contributed by atoms with Crippen LogP contribution >= 0.6 is 0 Å². The topological polar surface area (TPSA) is 38.5 Å². The normalized spacial score (nSPS) is 27.4. The van der Waals surface area contributed by atoms with E-state index >= 15 is 0 Å². The van der Waals surface area contributed by atoms with Crippen LogP contribution in [0.15, 0.2) is 18.2 Å². The number of anilines is 2. The van der Waals surface area contributed by atoms with Gasteiger partial charge in [0.25, 0.3) is 0 Å². The molecule has 4 rings (SSSR count). The molecule has 3 aliphatic rings. The van der Waals surface area contributed by atoms with Crippen LogP contribution in [0.5, 0.6) is 0 Å². The summed E-state index contributed by atoms with van der Waals surface area (Å²) in [6.07, 6.45) is 9.29. The molecule has 1 spiro atoms. The minimum absolute atomic E-state index is 0.253. The highest BCUT2D eigenvalue weighted by Crippen LogP contribution is 2.44. The Labute approximate surface area is 121 Å². The van der Waals surface area contributed by atoms with Crippen molar-refractivity contribution in [1.82, 2.24) is 0 Å². The number of benzene rings is 1. The second-order valence-electron chi connectivity index (χ2n) is 6.71. The van der Waals surface area contributed by atoms with E-state index in [1.807, 2.05) is 6.07 Å². The third-order valence-corrected chi connectivity index (χ3v) is 5.44. The molecule has 2 fully saturated rings. The van der Waals surface area contributed by atoms with Gasteiger partial charge in [-0.05, 0) is 44.2 Å². The number of fused-ring (bicyclic) bond motifs is 1. The predicted molar refractivity (Wildman–Crippen MR) is 82.1 cm³/mol. The second-order valence-corrected chi connectivity index (χ2v) is 6.71. The smallest absolute Gasteiger partial charge is 0.0758 e. The minimum atomic E-state index is 0.253. The maximum atomic E-state index is 6.44. The molecule has 1 unspecified atom stereocenters. The predicted octanol–water partition coefficient (Wildman–Crippen LogP) is 3.12. The molecular formula is C17H24N2O.